The van der Waals surface area contributed by atoms with Crippen molar-refractivity contribution < 1.29 is 22.7 Å². The molecule has 1 aromatic heterocycles. The Bertz CT molecular complexity index is 685. The minimum atomic E-state index is -4.48. The molecule has 0 fully saturated rings. The van der Waals surface area contributed by atoms with Crippen LogP contribution in [-0.2, 0) is 13.7 Å². The van der Waals surface area contributed by atoms with E-state index in [1.807, 2.05) is 0 Å². The van der Waals surface area contributed by atoms with Gasteiger partial charge in [0, 0.05) is 35.3 Å². The zero-order valence-electron chi connectivity index (χ0n) is 11.4. The molecule has 0 unspecified atom stereocenters. The van der Waals surface area contributed by atoms with Gasteiger partial charge in [-0.15, -0.1) is 5.10 Å². The minimum Gasteiger partial charge on any atom is -0.472 e. The maximum Gasteiger partial charge on any atom is 0.446 e. The average Bonchev–Trinajstić information content (AvgIpc) is 2.81. The quantitative estimate of drug-likeness (QED) is 0.855. The van der Waals surface area contributed by atoms with Crippen LogP contribution in [0.4, 0.5) is 13.2 Å². The first kappa shape index (κ1) is 16.2. The van der Waals surface area contributed by atoms with Gasteiger partial charge in [0.2, 0.25) is 11.8 Å². The Kier molecular flexibility index (Phi) is 4.65. The van der Waals surface area contributed by atoms with E-state index in [-0.39, 0.29) is 40.3 Å². The van der Waals surface area contributed by atoms with Gasteiger partial charge < -0.3 is 10.5 Å². The molecule has 0 spiro atoms. The van der Waals surface area contributed by atoms with Crippen LogP contribution in [0.1, 0.15) is 15.9 Å². The number of ether oxygens (including phenoxy) is 1. The van der Waals surface area contributed by atoms with Crippen molar-refractivity contribution in [3.8, 4) is 5.88 Å². The number of rotatable bonds is 5. The number of halogens is 3. The fraction of sp³-hybridized carbons (Fsp3) is 0.231. The van der Waals surface area contributed by atoms with Gasteiger partial charge in [0.05, 0.1) is 0 Å². The number of hydrogen-bond donors (Lipinski definition) is 1. The van der Waals surface area contributed by atoms with Crippen LogP contribution in [-0.4, -0.2) is 21.2 Å². The molecule has 0 radical (unpaired) electrons. The highest BCUT2D eigenvalue weighted by atomic mass is 32.2. The second-order valence-electron chi connectivity index (χ2n) is 4.31. The molecule has 0 aliphatic heterocycles. The first-order valence-corrected chi connectivity index (χ1v) is 6.88. The number of carbonyl (C=O) groups excluding carboxylic acids is 1. The number of nitrogens with zero attached hydrogens (tertiary/aromatic N) is 2. The van der Waals surface area contributed by atoms with E-state index < -0.39 is 11.4 Å². The SMILES string of the molecule is Cn1ccc(OCc2c(SC(F)(F)F)cccc2C(N)=O)n1. The van der Waals surface area contributed by atoms with E-state index in [9.17, 15) is 18.0 Å². The van der Waals surface area contributed by atoms with Gasteiger partial charge in [0.25, 0.3) is 0 Å². The Hall–Kier alpha value is -2.16. The molecule has 2 aromatic rings. The summed E-state index contributed by atoms with van der Waals surface area (Å²) in [6.07, 6.45) is 1.63. The summed E-state index contributed by atoms with van der Waals surface area (Å²) in [6.45, 7) is -0.242. The molecule has 2 N–H and O–H groups in total. The Morgan fingerprint density at radius 2 is 2.14 bits per heavy atom. The second-order valence-corrected chi connectivity index (χ2v) is 5.42. The highest BCUT2D eigenvalue weighted by Crippen LogP contribution is 2.39. The number of primary amides is 1. The van der Waals surface area contributed by atoms with Crippen molar-refractivity contribution in [2.24, 2.45) is 12.8 Å². The second kappa shape index (κ2) is 6.30. The molecule has 1 aromatic carbocycles. The lowest BCUT2D eigenvalue weighted by atomic mass is 10.1. The Morgan fingerprint density at radius 1 is 1.41 bits per heavy atom. The fourth-order valence-corrected chi connectivity index (χ4v) is 2.47. The van der Waals surface area contributed by atoms with E-state index in [1.165, 1.54) is 22.9 Å². The third-order valence-corrected chi connectivity index (χ3v) is 3.51. The first-order valence-electron chi connectivity index (χ1n) is 6.06. The summed E-state index contributed by atoms with van der Waals surface area (Å²) >= 11 is -0.314. The van der Waals surface area contributed by atoms with E-state index in [0.29, 0.717) is 0 Å². The van der Waals surface area contributed by atoms with Crippen molar-refractivity contribution in [2.45, 2.75) is 17.0 Å². The standard InChI is InChI=1S/C13H12F3N3O2S/c1-19-6-5-11(18-19)21-7-9-8(12(17)20)3-2-4-10(9)22-13(14,15)16/h2-6H,7H2,1H3,(H2,17,20). The average molecular weight is 331 g/mol. The highest BCUT2D eigenvalue weighted by Gasteiger charge is 2.31. The zero-order chi connectivity index (χ0) is 16.3. The number of hydrogen-bond acceptors (Lipinski definition) is 4. The first-order chi connectivity index (χ1) is 10.3. The molecule has 0 saturated carbocycles. The van der Waals surface area contributed by atoms with Crippen LogP contribution in [0.2, 0.25) is 0 Å². The lowest BCUT2D eigenvalue weighted by Gasteiger charge is -2.14. The van der Waals surface area contributed by atoms with E-state index >= 15 is 0 Å². The summed E-state index contributed by atoms with van der Waals surface area (Å²) in [5.74, 6) is -0.575. The van der Waals surface area contributed by atoms with Crippen LogP contribution in [0, 0.1) is 0 Å². The van der Waals surface area contributed by atoms with Gasteiger partial charge in [0.15, 0.2) is 0 Å². The van der Waals surface area contributed by atoms with Gasteiger partial charge in [-0.1, -0.05) is 6.07 Å². The summed E-state index contributed by atoms with van der Waals surface area (Å²) in [6, 6.07) is 5.53. The number of thioether (sulfide) groups is 1. The normalized spacial score (nSPS) is 11.5. The fourth-order valence-electron chi connectivity index (χ4n) is 1.78. The predicted molar refractivity (Wildman–Crippen MR) is 74.4 cm³/mol. The van der Waals surface area contributed by atoms with Crippen LogP contribution >= 0.6 is 11.8 Å². The highest BCUT2D eigenvalue weighted by molar-refractivity contribution is 8.00. The van der Waals surface area contributed by atoms with Crippen molar-refractivity contribution in [2.75, 3.05) is 0 Å². The topological polar surface area (TPSA) is 70.1 Å². The Balaban J connectivity index is 2.30. The zero-order valence-corrected chi connectivity index (χ0v) is 12.2. The number of amides is 1. The monoisotopic (exact) mass is 331 g/mol. The van der Waals surface area contributed by atoms with Crippen LogP contribution in [0.5, 0.6) is 5.88 Å². The molecular weight excluding hydrogens is 319 g/mol. The minimum absolute atomic E-state index is 0.00909. The van der Waals surface area contributed by atoms with Crippen LogP contribution in [0.15, 0.2) is 35.4 Å². The van der Waals surface area contributed by atoms with Gasteiger partial charge >= 0.3 is 5.51 Å². The molecule has 118 valence electrons. The maximum absolute atomic E-state index is 12.6. The Morgan fingerprint density at radius 3 is 2.68 bits per heavy atom. The maximum atomic E-state index is 12.6. The number of nitrogens with two attached hydrogens (primary N) is 1. The molecular formula is C13H12F3N3O2S. The molecule has 1 amide bonds. The lowest BCUT2D eigenvalue weighted by molar-refractivity contribution is -0.0328. The largest absolute Gasteiger partial charge is 0.472 e. The number of benzene rings is 1. The molecule has 9 heteroatoms. The van der Waals surface area contributed by atoms with E-state index in [2.05, 4.69) is 5.10 Å². The number of aromatic nitrogens is 2. The van der Waals surface area contributed by atoms with Crippen molar-refractivity contribution in [1.82, 2.24) is 9.78 Å². The van der Waals surface area contributed by atoms with Crippen molar-refractivity contribution in [1.29, 1.82) is 0 Å². The summed E-state index contributed by atoms with van der Waals surface area (Å²) in [7, 11) is 1.68. The number of alkyl halides is 3. The summed E-state index contributed by atoms with van der Waals surface area (Å²) in [5, 5.41) is 3.95. The van der Waals surface area contributed by atoms with Crippen molar-refractivity contribution in [3.05, 3.63) is 41.6 Å². The molecule has 0 aliphatic carbocycles. The summed E-state index contributed by atoms with van der Waals surface area (Å²) in [5.41, 5.74) is 0.816. The van der Waals surface area contributed by atoms with E-state index in [0.717, 1.165) is 0 Å². The van der Waals surface area contributed by atoms with Crippen molar-refractivity contribution in [3.63, 3.8) is 0 Å². The number of carbonyl (C=O) groups is 1. The lowest BCUT2D eigenvalue weighted by Crippen LogP contribution is -2.16. The van der Waals surface area contributed by atoms with Gasteiger partial charge in [-0.05, 0) is 23.9 Å². The van der Waals surface area contributed by atoms with Gasteiger partial charge in [-0.2, -0.15) is 13.2 Å². The summed E-state index contributed by atoms with van der Waals surface area (Å²) in [4.78, 5) is 11.3. The predicted octanol–water partition coefficient (Wildman–Crippen LogP) is 2.71. The Labute approximate surface area is 128 Å². The van der Waals surface area contributed by atoms with Crippen LogP contribution in [0.3, 0.4) is 0 Å². The molecule has 0 atom stereocenters. The molecule has 0 saturated heterocycles. The summed E-state index contributed by atoms with van der Waals surface area (Å²) < 4.78 is 44.7. The van der Waals surface area contributed by atoms with Crippen LogP contribution in [0.25, 0.3) is 0 Å². The molecule has 0 bridgehead atoms. The smallest absolute Gasteiger partial charge is 0.446 e. The molecule has 5 nitrogen and oxygen atoms in total. The molecule has 2 rings (SSSR count). The van der Waals surface area contributed by atoms with E-state index in [1.54, 1.807) is 19.3 Å². The third-order valence-electron chi connectivity index (χ3n) is 2.68. The number of aryl methyl sites for hydroxylation is 1. The van der Waals surface area contributed by atoms with Crippen molar-refractivity contribution >= 4 is 17.7 Å². The molecule has 22 heavy (non-hydrogen) atoms. The van der Waals surface area contributed by atoms with Gasteiger partial charge in [-0.25, -0.2) is 0 Å². The van der Waals surface area contributed by atoms with Crippen LogP contribution < -0.4 is 10.5 Å². The van der Waals surface area contributed by atoms with Gasteiger partial charge in [-0.3, -0.25) is 9.48 Å². The molecule has 1 heterocycles. The third kappa shape index (κ3) is 4.17. The van der Waals surface area contributed by atoms with E-state index in [4.69, 9.17) is 10.5 Å². The van der Waals surface area contributed by atoms with Gasteiger partial charge in [0.1, 0.15) is 6.61 Å². The molecule has 0 aliphatic rings.